The van der Waals surface area contributed by atoms with Gasteiger partial charge >= 0.3 is 5.69 Å². The normalized spacial score (nSPS) is 18.0. The minimum Gasteiger partial charge on any atom is -0.486 e. The average molecular weight is 293 g/mol. The van der Waals surface area contributed by atoms with E-state index in [1.807, 2.05) is 0 Å². The Morgan fingerprint density at radius 2 is 2.29 bits per heavy atom. The average Bonchev–Trinajstić information content (AvgIpc) is 2.48. The number of nitrogens with one attached hydrogen (secondary N) is 2. The zero-order valence-electron chi connectivity index (χ0n) is 11.7. The molecule has 1 atom stereocenters. The molecule has 1 amide bonds. The maximum Gasteiger partial charge on any atom is 0.310 e. The predicted molar refractivity (Wildman–Crippen MR) is 77.2 cm³/mol. The van der Waals surface area contributed by atoms with Crippen LogP contribution in [0.2, 0.25) is 0 Å². The number of para-hydroxylation sites is 2. The van der Waals surface area contributed by atoms with E-state index >= 15 is 0 Å². The van der Waals surface area contributed by atoms with Crippen molar-refractivity contribution in [3.63, 3.8) is 0 Å². The molecule has 0 saturated carbocycles. The molecule has 1 saturated heterocycles. The van der Waals surface area contributed by atoms with Crippen molar-refractivity contribution < 1.29 is 14.5 Å². The number of benzene rings is 1. The zero-order chi connectivity index (χ0) is 15.1. The van der Waals surface area contributed by atoms with E-state index in [1.165, 1.54) is 12.1 Å². The molecule has 114 valence electrons. The molecular weight excluding hydrogens is 274 g/mol. The third kappa shape index (κ3) is 4.71. The molecule has 0 aromatic heterocycles. The summed E-state index contributed by atoms with van der Waals surface area (Å²) in [5, 5.41) is 17.0. The van der Waals surface area contributed by atoms with E-state index in [0.29, 0.717) is 0 Å². The molecule has 7 nitrogen and oxygen atoms in total. The summed E-state index contributed by atoms with van der Waals surface area (Å²) < 4.78 is 5.34. The minimum atomic E-state index is -0.497. The Balaban J connectivity index is 1.76. The number of amides is 1. The number of ether oxygens (including phenoxy) is 1. The summed E-state index contributed by atoms with van der Waals surface area (Å²) >= 11 is 0. The number of nitrogens with zero attached hydrogens (tertiary/aromatic N) is 1. The van der Waals surface area contributed by atoms with Crippen LogP contribution in [0.5, 0.6) is 5.75 Å². The van der Waals surface area contributed by atoms with Crippen LogP contribution in [0.1, 0.15) is 19.3 Å². The lowest BCUT2D eigenvalue weighted by atomic mass is 10.1. The Hall–Kier alpha value is -2.15. The van der Waals surface area contributed by atoms with Crippen molar-refractivity contribution in [1.29, 1.82) is 0 Å². The molecule has 0 bridgehead atoms. The van der Waals surface area contributed by atoms with Crippen molar-refractivity contribution >= 4 is 11.6 Å². The first-order valence-electron chi connectivity index (χ1n) is 7.03. The molecular formula is C14H19N3O4. The van der Waals surface area contributed by atoms with Gasteiger partial charge in [-0.3, -0.25) is 14.9 Å². The van der Waals surface area contributed by atoms with Crippen molar-refractivity contribution in [1.82, 2.24) is 10.6 Å². The quantitative estimate of drug-likeness (QED) is 0.608. The molecule has 1 aliphatic rings. The molecule has 2 N–H and O–H groups in total. The Labute approximate surface area is 122 Å². The molecule has 1 aliphatic heterocycles. The predicted octanol–water partition coefficient (Wildman–Crippen LogP) is 1.23. The number of carbonyl (C=O) groups excluding carboxylic acids is 1. The summed E-state index contributed by atoms with van der Waals surface area (Å²) in [7, 11) is 0. The first kappa shape index (κ1) is 15.2. The summed E-state index contributed by atoms with van der Waals surface area (Å²) in [6.07, 6.45) is 2.21. The standard InChI is InChI=1S/C14H19N3O4/c18-14(16-11-4-3-8-15-10-11)7-9-21-13-6-2-1-5-12(13)17(19)20/h1-2,5-6,11,15H,3-4,7-10H2,(H,16,18)/t11-/m0/s1. The molecule has 21 heavy (non-hydrogen) atoms. The minimum absolute atomic E-state index is 0.0885. The van der Waals surface area contributed by atoms with Gasteiger partial charge in [0.25, 0.3) is 0 Å². The van der Waals surface area contributed by atoms with Crippen molar-refractivity contribution in [2.45, 2.75) is 25.3 Å². The van der Waals surface area contributed by atoms with E-state index in [9.17, 15) is 14.9 Å². The number of piperidine rings is 1. The van der Waals surface area contributed by atoms with E-state index in [4.69, 9.17) is 4.74 Å². The number of nitro benzene ring substituents is 1. The maximum absolute atomic E-state index is 11.8. The molecule has 0 radical (unpaired) electrons. The van der Waals surface area contributed by atoms with Gasteiger partial charge in [-0.2, -0.15) is 0 Å². The second-order valence-electron chi connectivity index (χ2n) is 4.93. The number of nitro groups is 1. The van der Waals surface area contributed by atoms with Crippen LogP contribution in [-0.4, -0.2) is 36.6 Å². The highest BCUT2D eigenvalue weighted by Gasteiger charge is 2.16. The van der Waals surface area contributed by atoms with Crippen LogP contribution >= 0.6 is 0 Å². The lowest BCUT2D eigenvalue weighted by Gasteiger charge is -2.23. The molecule has 7 heteroatoms. The van der Waals surface area contributed by atoms with E-state index < -0.39 is 4.92 Å². The van der Waals surface area contributed by atoms with Gasteiger partial charge in [0.1, 0.15) is 0 Å². The number of hydrogen-bond acceptors (Lipinski definition) is 5. The first-order chi connectivity index (χ1) is 10.2. The number of carbonyl (C=O) groups is 1. The lowest BCUT2D eigenvalue weighted by Crippen LogP contribution is -2.45. The van der Waals surface area contributed by atoms with Crippen molar-refractivity contribution in [2.75, 3.05) is 19.7 Å². The molecule has 2 rings (SSSR count). The summed E-state index contributed by atoms with van der Waals surface area (Å²) in [5.41, 5.74) is -0.0885. The molecule has 1 heterocycles. The molecule has 1 aromatic rings. The highest BCUT2D eigenvalue weighted by atomic mass is 16.6. The van der Waals surface area contributed by atoms with E-state index in [0.717, 1.165) is 25.9 Å². The summed E-state index contributed by atoms with van der Waals surface area (Å²) in [6, 6.07) is 6.31. The van der Waals surface area contributed by atoms with Gasteiger partial charge in [0, 0.05) is 18.7 Å². The fourth-order valence-corrected chi connectivity index (χ4v) is 2.26. The topological polar surface area (TPSA) is 93.5 Å². The second kappa shape index (κ2) is 7.58. The van der Waals surface area contributed by atoms with Crippen molar-refractivity contribution in [3.8, 4) is 5.75 Å². The summed E-state index contributed by atoms with van der Waals surface area (Å²) in [5.74, 6) is 0.0944. The van der Waals surface area contributed by atoms with Crippen LogP contribution < -0.4 is 15.4 Å². The summed E-state index contributed by atoms with van der Waals surface area (Å²) in [4.78, 5) is 22.1. The van der Waals surface area contributed by atoms with Gasteiger partial charge < -0.3 is 15.4 Å². The third-order valence-electron chi connectivity index (χ3n) is 3.31. The Bertz CT molecular complexity index is 501. The van der Waals surface area contributed by atoms with Gasteiger partial charge in [0.15, 0.2) is 5.75 Å². The first-order valence-corrected chi connectivity index (χ1v) is 7.03. The van der Waals surface area contributed by atoms with Crippen LogP contribution in [0.15, 0.2) is 24.3 Å². The largest absolute Gasteiger partial charge is 0.486 e. The van der Waals surface area contributed by atoms with Crippen molar-refractivity contribution in [2.24, 2.45) is 0 Å². The van der Waals surface area contributed by atoms with Gasteiger partial charge in [-0.25, -0.2) is 0 Å². The van der Waals surface area contributed by atoms with Crippen LogP contribution in [0.25, 0.3) is 0 Å². The van der Waals surface area contributed by atoms with Gasteiger partial charge in [-0.05, 0) is 25.5 Å². The third-order valence-corrected chi connectivity index (χ3v) is 3.31. The highest BCUT2D eigenvalue weighted by Crippen LogP contribution is 2.25. The molecule has 1 aromatic carbocycles. The van der Waals surface area contributed by atoms with Crippen LogP contribution in [0.3, 0.4) is 0 Å². The Morgan fingerprint density at radius 3 is 3.00 bits per heavy atom. The van der Waals surface area contributed by atoms with E-state index in [1.54, 1.807) is 12.1 Å². The van der Waals surface area contributed by atoms with E-state index in [-0.39, 0.29) is 36.4 Å². The van der Waals surface area contributed by atoms with Crippen molar-refractivity contribution in [3.05, 3.63) is 34.4 Å². The zero-order valence-corrected chi connectivity index (χ0v) is 11.7. The number of hydrogen-bond donors (Lipinski definition) is 2. The molecule has 0 aliphatic carbocycles. The monoisotopic (exact) mass is 293 g/mol. The van der Waals surface area contributed by atoms with Crippen LogP contribution in [-0.2, 0) is 4.79 Å². The SMILES string of the molecule is O=C(CCOc1ccccc1[N+](=O)[O-])N[C@H]1CCCNC1. The van der Waals surface area contributed by atoms with E-state index in [2.05, 4.69) is 10.6 Å². The Kier molecular flexibility index (Phi) is 5.51. The van der Waals surface area contributed by atoms with Crippen LogP contribution in [0.4, 0.5) is 5.69 Å². The number of rotatable bonds is 6. The van der Waals surface area contributed by atoms with Crippen LogP contribution in [0, 0.1) is 10.1 Å². The van der Waals surface area contributed by atoms with Gasteiger partial charge in [0.05, 0.1) is 18.0 Å². The van der Waals surface area contributed by atoms with Gasteiger partial charge in [0.2, 0.25) is 5.91 Å². The van der Waals surface area contributed by atoms with Gasteiger partial charge in [-0.15, -0.1) is 0 Å². The fourth-order valence-electron chi connectivity index (χ4n) is 2.26. The summed E-state index contributed by atoms with van der Waals surface area (Å²) in [6.45, 7) is 1.90. The fraction of sp³-hybridized carbons (Fsp3) is 0.500. The molecule has 0 spiro atoms. The highest BCUT2D eigenvalue weighted by molar-refractivity contribution is 5.76. The van der Waals surface area contributed by atoms with Gasteiger partial charge in [-0.1, -0.05) is 12.1 Å². The second-order valence-corrected chi connectivity index (χ2v) is 4.93. The lowest BCUT2D eigenvalue weighted by molar-refractivity contribution is -0.385. The smallest absolute Gasteiger partial charge is 0.310 e. The molecule has 0 unspecified atom stereocenters. The molecule has 1 fully saturated rings. The maximum atomic E-state index is 11.8. The Morgan fingerprint density at radius 1 is 1.48 bits per heavy atom.